The van der Waals surface area contributed by atoms with E-state index in [9.17, 15) is 0 Å². The van der Waals surface area contributed by atoms with Gasteiger partial charge in [-0.1, -0.05) is 55.5 Å². The minimum atomic E-state index is 0.213. The Kier molecular flexibility index (Phi) is 12.9. The van der Waals surface area contributed by atoms with Gasteiger partial charge in [0.2, 0.25) is 0 Å². The lowest BCUT2D eigenvalue weighted by atomic mass is 9.96. The van der Waals surface area contributed by atoms with Crippen molar-refractivity contribution in [3.8, 4) is 11.5 Å². The smallest absolute Gasteiger partial charge is 0.126 e. The third-order valence-corrected chi connectivity index (χ3v) is 4.48. The zero-order chi connectivity index (χ0) is 21.6. The maximum atomic E-state index is 6.25. The van der Waals surface area contributed by atoms with E-state index < -0.39 is 0 Å². The Morgan fingerprint density at radius 2 is 1.79 bits per heavy atom. The van der Waals surface area contributed by atoms with Crippen LogP contribution in [0.4, 0.5) is 0 Å². The highest BCUT2D eigenvalue weighted by Crippen LogP contribution is 2.35. The summed E-state index contributed by atoms with van der Waals surface area (Å²) in [5, 5.41) is 3.95. The van der Waals surface area contributed by atoms with Crippen LogP contribution < -0.4 is 9.47 Å². The molecule has 0 aliphatic carbocycles. The first-order valence-electron chi connectivity index (χ1n) is 10.4. The number of ether oxygens (including phenoxy) is 2. The van der Waals surface area contributed by atoms with Gasteiger partial charge >= 0.3 is 0 Å². The van der Waals surface area contributed by atoms with Crippen LogP contribution in [-0.4, -0.2) is 25.5 Å². The van der Waals surface area contributed by atoms with Crippen LogP contribution >= 0.6 is 23.2 Å². The Labute approximate surface area is 186 Å². The van der Waals surface area contributed by atoms with Crippen LogP contribution in [-0.2, 0) is 11.3 Å². The van der Waals surface area contributed by atoms with E-state index in [1.54, 1.807) is 6.08 Å². The molecule has 0 aliphatic rings. The zero-order valence-corrected chi connectivity index (χ0v) is 19.9. The lowest BCUT2D eigenvalue weighted by molar-refractivity contribution is 0.138. The largest absolute Gasteiger partial charge is 0.493 e. The second kappa shape index (κ2) is 14.6. The van der Waals surface area contributed by atoms with Gasteiger partial charge in [-0.05, 0) is 69.2 Å². The van der Waals surface area contributed by atoms with E-state index in [4.69, 9.17) is 37.5 Å². The number of aryl methyl sites for hydroxylation is 1. The number of hydrogen-bond donors (Lipinski definition) is 0. The van der Waals surface area contributed by atoms with Crippen LogP contribution in [0.5, 0.6) is 11.5 Å². The van der Waals surface area contributed by atoms with Crippen LogP contribution in [0, 0.1) is 0 Å². The van der Waals surface area contributed by atoms with Gasteiger partial charge in [0.1, 0.15) is 29.2 Å². The Balaban J connectivity index is 2.73. The highest BCUT2D eigenvalue weighted by Gasteiger charge is 2.15. The summed E-state index contributed by atoms with van der Waals surface area (Å²) >= 11 is 11.3. The van der Waals surface area contributed by atoms with Gasteiger partial charge in [0, 0.05) is 5.56 Å². The molecule has 1 rings (SSSR count). The molecule has 0 spiro atoms. The molecule has 0 saturated heterocycles. The summed E-state index contributed by atoms with van der Waals surface area (Å²) in [5.41, 5.74) is 3.29. The molecular weight excluding hydrogens is 409 g/mol. The summed E-state index contributed by atoms with van der Waals surface area (Å²) in [5.74, 6) is 2.15. The van der Waals surface area contributed by atoms with Crippen molar-refractivity contribution in [2.45, 2.75) is 72.6 Å². The van der Waals surface area contributed by atoms with Crippen LogP contribution in [0.2, 0.25) is 0 Å². The summed E-state index contributed by atoms with van der Waals surface area (Å²) in [6.07, 6.45) is 6.63. The number of hydrogen-bond acceptors (Lipinski definition) is 4. The van der Waals surface area contributed by atoms with E-state index in [-0.39, 0.29) is 4.49 Å². The maximum Gasteiger partial charge on any atom is 0.126 e. The molecule has 6 heteroatoms. The van der Waals surface area contributed by atoms with Gasteiger partial charge in [0.25, 0.3) is 0 Å². The lowest BCUT2D eigenvalue weighted by Gasteiger charge is -2.20. The summed E-state index contributed by atoms with van der Waals surface area (Å²) in [6.45, 7) is 12.0. The van der Waals surface area contributed by atoms with Crippen molar-refractivity contribution in [2.24, 2.45) is 5.16 Å². The zero-order valence-electron chi connectivity index (χ0n) is 18.4. The Morgan fingerprint density at radius 1 is 1.07 bits per heavy atom. The molecule has 4 nitrogen and oxygen atoms in total. The second-order valence-corrected chi connectivity index (χ2v) is 8.50. The SMILES string of the molecule is CCCc1cc(OCC=C(Cl)Cl)cc(C(C)C)c1OCCCCCON=C(C)C. The molecule has 0 atom stereocenters. The molecule has 0 radical (unpaired) electrons. The topological polar surface area (TPSA) is 40.0 Å². The fourth-order valence-corrected chi connectivity index (χ4v) is 2.95. The molecule has 0 N–H and O–H groups in total. The van der Waals surface area contributed by atoms with Crippen molar-refractivity contribution < 1.29 is 14.3 Å². The van der Waals surface area contributed by atoms with Crippen molar-refractivity contribution in [2.75, 3.05) is 19.8 Å². The number of benzene rings is 1. The Hall–Kier alpha value is -1.39. The molecular formula is C23H35Cl2NO3. The third kappa shape index (κ3) is 10.8. The number of oxime groups is 1. The minimum Gasteiger partial charge on any atom is -0.493 e. The van der Waals surface area contributed by atoms with Gasteiger partial charge in [0.15, 0.2) is 0 Å². The fourth-order valence-electron chi connectivity index (χ4n) is 2.82. The van der Waals surface area contributed by atoms with Gasteiger partial charge < -0.3 is 14.3 Å². The minimum absolute atomic E-state index is 0.213. The number of nitrogens with zero attached hydrogens (tertiary/aromatic N) is 1. The molecule has 0 bridgehead atoms. The molecule has 0 unspecified atom stereocenters. The number of unbranched alkanes of at least 4 members (excludes halogenated alkanes) is 2. The summed E-state index contributed by atoms with van der Waals surface area (Å²) in [6, 6.07) is 4.13. The van der Waals surface area contributed by atoms with Crippen molar-refractivity contribution in [1.82, 2.24) is 0 Å². The van der Waals surface area contributed by atoms with Gasteiger partial charge in [-0.25, -0.2) is 0 Å². The van der Waals surface area contributed by atoms with Crippen molar-refractivity contribution >= 4 is 28.9 Å². The van der Waals surface area contributed by atoms with E-state index in [0.29, 0.717) is 25.7 Å². The Morgan fingerprint density at radius 3 is 2.41 bits per heavy atom. The maximum absolute atomic E-state index is 6.25. The molecule has 29 heavy (non-hydrogen) atoms. The number of rotatable bonds is 14. The van der Waals surface area contributed by atoms with E-state index in [0.717, 1.165) is 49.3 Å². The first-order chi connectivity index (χ1) is 13.8. The molecule has 1 aromatic rings. The van der Waals surface area contributed by atoms with Gasteiger partial charge in [0.05, 0.1) is 12.3 Å². The van der Waals surface area contributed by atoms with E-state index >= 15 is 0 Å². The first-order valence-corrected chi connectivity index (χ1v) is 11.2. The van der Waals surface area contributed by atoms with Gasteiger partial charge in [-0.3, -0.25) is 0 Å². The molecule has 0 aliphatic heterocycles. The van der Waals surface area contributed by atoms with Crippen LogP contribution in [0.25, 0.3) is 0 Å². The third-order valence-electron chi connectivity index (χ3n) is 4.17. The second-order valence-electron chi connectivity index (χ2n) is 7.49. The average Bonchev–Trinajstić information content (AvgIpc) is 2.64. The van der Waals surface area contributed by atoms with Crippen molar-refractivity contribution in [1.29, 1.82) is 0 Å². The predicted octanol–water partition coefficient (Wildman–Crippen LogP) is 7.42. The monoisotopic (exact) mass is 443 g/mol. The van der Waals surface area contributed by atoms with Crippen molar-refractivity contribution in [3.05, 3.63) is 33.8 Å². The van der Waals surface area contributed by atoms with E-state index in [2.05, 4.69) is 38.1 Å². The molecule has 0 saturated carbocycles. The highest BCUT2D eigenvalue weighted by molar-refractivity contribution is 6.55. The molecule has 1 aromatic carbocycles. The van der Waals surface area contributed by atoms with E-state index in [1.807, 2.05) is 13.8 Å². The van der Waals surface area contributed by atoms with Crippen LogP contribution in [0.1, 0.15) is 77.3 Å². The van der Waals surface area contributed by atoms with Crippen LogP contribution in [0.3, 0.4) is 0 Å². The summed E-state index contributed by atoms with van der Waals surface area (Å²) in [7, 11) is 0. The molecule has 0 amide bonds. The molecule has 0 aromatic heterocycles. The fraction of sp³-hybridized carbons (Fsp3) is 0.609. The predicted molar refractivity (Wildman–Crippen MR) is 124 cm³/mol. The summed E-state index contributed by atoms with van der Waals surface area (Å²) in [4.78, 5) is 5.23. The number of halogens is 2. The van der Waals surface area contributed by atoms with Gasteiger partial charge in [-0.15, -0.1) is 0 Å². The van der Waals surface area contributed by atoms with Crippen LogP contribution in [0.15, 0.2) is 27.9 Å². The van der Waals surface area contributed by atoms with Gasteiger partial charge in [-0.2, -0.15) is 0 Å². The standard InChI is InChI=1S/C23H35Cl2NO3/c1-6-10-19-15-20(27-14-11-22(24)25)16-21(17(2)3)23(19)28-12-8-7-9-13-29-26-18(4)5/h11,15-17H,6-10,12-14H2,1-5H3. The Bertz CT molecular complexity index is 664. The molecule has 164 valence electrons. The highest BCUT2D eigenvalue weighted by atomic mass is 35.5. The molecule has 0 fully saturated rings. The quantitative estimate of drug-likeness (QED) is 0.170. The molecule has 0 heterocycles. The normalized spacial score (nSPS) is 10.6. The first kappa shape index (κ1) is 25.6. The van der Waals surface area contributed by atoms with Crippen molar-refractivity contribution in [3.63, 3.8) is 0 Å². The summed E-state index contributed by atoms with van der Waals surface area (Å²) < 4.78 is 12.3. The lowest BCUT2D eigenvalue weighted by Crippen LogP contribution is -2.06. The average molecular weight is 444 g/mol. The van der Waals surface area contributed by atoms with E-state index in [1.165, 1.54) is 11.1 Å².